The van der Waals surface area contributed by atoms with E-state index in [0.29, 0.717) is 33.7 Å². The molecule has 0 saturated heterocycles. The highest BCUT2D eigenvalue weighted by molar-refractivity contribution is 6.03. The van der Waals surface area contributed by atoms with Crippen molar-refractivity contribution in [3.8, 4) is 11.5 Å². The van der Waals surface area contributed by atoms with Gasteiger partial charge in [0.1, 0.15) is 0 Å². The molecule has 0 fully saturated rings. The van der Waals surface area contributed by atoms with Crippen molar-refractivity contribution in [3.63, 3.8) is 0 Å². The minimum atomic E-state index is -0.947. The van der Waals surface area contributed by atoms with Gasteiger partial charge in [-0.15, -0.1) is 0 Å². The second-order valence-electron chi connectivity index (χ2n) is 5.84. The lowest BCUT2D eigenvalue weighted by Gasteiger charge is -2.08. The summed E-state index contributed by atoms with van der Waals surface area (Å²) in [6.45, 7) is 5.33. The molecule has 2 aromatic rings. The van der Waals surface area contributed by atoms with E-state index in [1.165, 1.54) is 10.6 Å². The number of nitrogens with zero attached hydrogens (tertiary/aromatic N) is 1. The number of allylic oxidation sites excluding steroid dienone is 4. The van der Waals surface area contributed by atoms with Crippen molar-refractivity contribution in [1.29, 1.82) is 0 Å². The number of hydrogen-bond acceptors (Lipinski definition) is 4. The van der Waals surface area contributed by atoms with Crippen LogP contribution in [0.4, 0.5) is 0 Å². The number of carbonyl (C=O) groups excluding carboxylic acids is 1. The summed E-state index contributed by atoms with van der Waals surface area (Å²) in [5.74, 6) is -0.845. The lowest BCUT2D eigenvalue weighted by atomic mass is 9.98. The van der Waals surface area contributed by atoms with Crippen molar-refractivity contribution in [1.82, 2.24) is 4.57 Å². The van der Waals surface area contributed by atoms with Gasteiger partial charge in [-0.3, -0.25) is 14.2 Å². The summed E-state index contributed by atoms with van der Waals surface area (Å²) in [5.41, 5.74) is 1.82. The molecule has 2 heterocycles. The monoisotopic (exact) mass is 341 g/mol. The molecule has 130 valence electrons. The zero-order valence-electron chi connectivity index (χ0n) is 14.3. The summed E-state index contributed by atoms with van der Waals surface area (Å²) in [6, 6.07) is 3.48. The van der Waals surface area contributed by atoms with E-state index in [1.54, 1.807) is 38.1 Å². The van der Waals surface area contributed by atoms with Gasteiger partial charge >= 0.3 is 5.97 Å². The van der Waals surface area contributed by atoms with Gasteiger partial charge in [-0.1, -0.05) is 18.2 Å². The van der Waals surface area contributed by atoms with Crippen molar-refractivity contribution in [2.24, 2.45) is 0 Å². The van der Waals surface area contributed by atoms with Crippen LogP contribution < -0.4 is 9.47 Å². The largest absolute Gasteiger partial charge is 0.481 e. The predicted octanol–water partition coefficient (Wildman–Crippen LogP) is 3.64. The van der Waals surface area contributed by atoms with E-state index >= 15 is 0 Å². The molecule has 1 aromatic carbocycles. The molecule has 6 heteroatoms. The first kappa shape index (κ1) is 16.8. The Morgan fingerprint density at radius 2 is 1.92 bits per heavy atom. The molecule has 0 aliphatic carbocycles. The first-order valence-corrected chi connectivity index (χ1v) is 7.96. The number of hydrogen-bond donors (Lipinski definition) is 1. The highest BCUT2D eigenvalue weighted by Gasteiger charge is 2.27. The van der Waals surface area contributed by atoms with E-state index in [4.69, 9.17) is 9.47 Å². The average Bonchev–Trinajstić information content (AvgIpc) is 3.12. The van der Waals surface area contributed by atoms with Crippen molar-refractivity contribution < 1.29 is 24.2 Å². The Labute approximate surface area is 145 Å². The van der Waals surface area contributed by atoms with Crippen LogP contribution in [0.15, 0.2) is 36.4 Å². The molecule has 25 heavy (non-hydrogen) atoms. The summed E-state index contributed by atoms with van der Waals surface area (Å²) in [7, 11) is 0. The quantitative estimate of drug-likeness (QED) is 0.678. The maximum atomic E-state index is 12.7. The third kappa shape index (κ3) is 2.80. The van der Waals surface area contributed by atoms with E-state index in [0.717, 1.165) is 0 Å². The number of fused-ring (bicyclic) bond motifs is 2. The Hall–Kier alpha value is -3.02. The molecule has 1 aliphatic rings. The fraction of sp³-hybridized carbons (Fsp3) is 0.263. The zero-order chi connectivity index (χ0) is 18.1. The average molecular weight is 341 g/mol. The molecule has 0 bridgehead atoms. The van der Waals surface area contributed by atoms with Crippen molar-refractivity contribution in [2.45, 2.75) is 26.7 Å². The maximum absolute atomic E-state index is 12.7. The number of rotatable bonds is 4. The van der Waals surface area contributed by atoms with Crippen LogP contribution in [0.1, 0.15) is 35.8 Å². The normalized spacial score (nSPS) is 14.7. The van der Waals surface area contributed by atoms with Crippen molar-refractivity contribution >= 4 is 22.8 Å². The number of carbonyl (C=O) groups is 2. The molecule has 0 saturated carbocycles. The maximum Gasteiger partial charge on any atom is 0.310 e. The summed E-state index contributed by atoms with van der Waals surface area (Å²) in [4.78, 5) is 24.2. The molecule has 3 rings (SSSR count). The highest BCUT2D eigenvalue weighted by Crippen LogP contribution is 2.41. The first-order valence-electron chi connectivity index (χ1n) is 7.96. The van der Waals surface area contributed by atoms with Gasteiger partial charge in [0.2, 0.25) is 6.79 Å². The summed E-state index contributed by atoms with van der Waals surface area (Å²) >= 11 is 0. The highest BCUT2D eigenvalue weighted by atomic mass is 16.7. The second-order valence-corrected chi connectivity index (χ2v) is 5.84. The van der Waals surface area contributed by atoms with Gasteiger partial charge < -0.3 is 14.6 Å². The van der Waals surface area contributed by atoms with Gasteiger partial charge in [-0.2, -0.15) is 0 Å². The Morgan fingerprint density at radius 1 is 1.24 bits per heavy atom. The van der Waals surface area contributed by atoms with Crippen LogP contribution in [0.25, 0.3) is 10.9 Å². The van der Waals surface area contributed by atoms with E-state index in [1.807, 2.05) is 13.0 Å². The third-order valence-electron chi connectivity index (χ3n) is 4.31. The zero-order valence-corrected chi connectivity index (χ0v) is 14.3. The molecule has 1 aliphatic heterocycles. The van der Waals surface area contributed by atoms with Crippen LogP contribution in [-0.2, 0) is 4.79 Å². The van der Waals surface area contributed by atoms with Crippen LogP contribution >= 0.6 is 0 Å². The van der Waals surface area contributed by atoms with E-state index in [-0.39, 0.29) is 12.7 Å². The topological polar surface area (TPSA) is 77.8 Å². The first-order chi connectivity index (χ1) is 12.0. The predicted molar refractivity (Wildman–Crippen MR) is 93.4 cm³/mol. The molecule has 6 nitrogen and oxygen atoms in total. The number of benzene rings is 1. The summed E-state index contributed by atoms with van der Waals surface area (Å²) < 4.78 is 12.3. The Bertz CT molecular complexity index is 920. The Morgan fingerprint density at radius 3 is 2.56 bits per heavy atom. The van der Waals surface area contributed by atoms with Crippen LogP contribution in [-0.4, -0.2) is 28.3 Å². The Kier molecular flexibility index (Phi) is 4.35. The van der Waals surface area contributed by atoms with Gasteiger partial charge in [0.05, 0.1) is 11.4 Å². The number of aromatic nitrogens is 1. The molecular weight excluding hydrogens is 322 g/mol. The minimum absolute atomic E-state index is 0.111. The van der Waals surface area contributed by atoms with E-state index in [2.05, 4.69) is 0 Å². The van der Waals surface area contributed by atoms with E-state index < -0.39 is 11.9 Å². The minimum Gasteiger partial charge on any atom is -0.481 e. The lowest BCUT2D eigenvalue weighted by Crippen LogP contribution is -2.12. The third-order valence-corrected chi connectivity index (χ3v) is 4.31. The van der Waals surface area contributed by atoms with Crippen LogP contribution in [0, 0.1) is 6.92 Å². The Balaban J connectivity index is 2.27. The number of aliphatic carboxylic acids is 1. The van der Waals surface area contributed by atoms with Gasteiger partial charge in [0, 0.05) is 23.2 Å². The number of ether oxygens (including phenoxy) is 2. The molecule has 1 aromatic heterocycles. The lowest BCUT2D eigenvalue weighted by molar-refractivity contribution is -0.138. The summed E-state index contributed by atoms with van der Waals surface area (Å²) in [5, 5.41) is 10.1. The van der Waals surface area contributed by atoms with Gasteiger partial charge in [0.15, 0.2) is 11.5 Å². The molecule has 1 unspecified atom stereocenters. The standard InChI is InChI=1S/C19H19NO5/c1-4-5-6-7-17(21)20-12(3)18(11(2)19(22)23)13-8-15-16(9-14(13)20)25-10-24-15/h4-9,11H,10H2,1-3H3,(H,22,23)/b5-4+,7-6+. The second kappa shape index (κ2) is 6.47. The van der Waals surface area contributed by atoms with Gasteiger partial charge in [-0.05, 0) is 32.4 Å². The van der Waals surface area contributed by atoms with Crippen LogP contribution in [0.5, 0.6) is 11.5 Å². The number of carboxylic acid groups (broad SMARTS) is 1. The molecule has 0 spiro atoms. The molecule has 0 radical (unpaired) electrons. The van der Waals surface area contributed by atoms with Crippen molar-refractivity contribution in [3.05, 3.63) is 47.7 Å². The molecular formula is C19H19NO5. The SMILES string of the molecule is C/C=C/C=C/C(=O)n1c(C)c(C(C)C(=O)O)c2cc3c(cc21)OCO3. The van der Waals surface area contributed by atoms with Crippen LogP contribution in [0.2, 0.25) is 0 Å². The number of carboxylic acids is 1. The smallest absolute Gasteiger partial charge is 0.310 e. The molecule has 1 N–H and O–H groups in total. The fourth-order valence-corrected chi connectivity index (χ4v) is 3.11. The van der Waals surface area contributed by atoms with Gasteiger partial charge in [-0.25, -0.2) is 0 Å². The molecule has 0 amide bonds. The van der Waals surface area contributed by atoms with Gasteiger partial charge in [0.25, 0.3) is 5.91 Å². The van der Waals surface area contributed by atoms with E-state index in [9.17, 15) is 14.7 Å². The molecule has 1 atom stereocenters. The van der Waals surface area contributed by atoms with Crippen LogP contribution in [0.3, 0.4) is 0 Å². The summed E-state index contributed by atoms with van der Waals surface area (Å²) in [6.07, 6.45) is 6.68. The fourth-order valence-electron chi connectivity index (χ4n) is 3.11. The van der Waals surface area contributed by atoms with Crippen molar-refractivity contribution in [2.75, 3.05) is 6.79 Å².